The zero-order valence-corrected chi connectivity index (χ0v) is 16.0. The van der Waals surface area contributed by atoms with E-state index in [0.29, 0.717) is 19.4 Å². The van der Waals surface area contributed by atoms with Gasteiger partial charge in [-0.25, -0.2) is 13.5 Å². The molecule has 2 saturated heterocycles. The van der Waals surface area contributed by atoms with Crippen molar-refractivity contribution in [1.82, 2.24) is 25.2 Å². The minimum absolute atomic E-state index is 0.0175. The molecule has 10 heteroatoms. The lowest BCUT2D eigenvalue weighted by Gasteiger charge is -2.33. The van der Waals surface area contributed by atoms with Crippen LogP contribution in [0, 0.1) is 0 Å². The van der Waals surface area contributed by atoms with E-state index in [1.807, 2.05) is 6.20 Å². The summed E-state index contributed by atoms with van der Waals surface area (Å²) in [4.78, 5) is 2.27. The minimum atomic E-state index is -2.56. The molecule has 1 aromatic heterocycles. The first kappa shape index (κ1) is 20.1. The zero-order chi connectivity index (χ0) is 19.6. The zero-order valence-electron chi connectivity index (χ0n) is 16.0. The quantitative estimate of drug-likeness (QED) is 0.714. The largest absolute Gasteiger partial charge is 0.389 e. The summed E-state index contributed by atoms with van der Waals surface area (Å²) in [6.45, 7) is 4.68. The lowest BCUT2D eigenvalue weighted by Crippen LogP contribution is -2.51. The highest BCUT2D eigenvalue weighted by Gasteiger charge is 2.41. The van der Waals surface area contributed by atoms with Crippen molar-refractivity contribution in [3.8, 4) is 0 Å². The number of aliphatic hydroxyl groups is 1. The van der Waals surface area contributed by atoms with Crippen LogP contribution in [-0.2, 0) is 22.6 Å². The molecule has 0 spiro atoms. The maximum absolute atomic E-state index is 13.4. The predicted molar refractivity (Wildman–Crippen MR) is 96.0 cm³/mol. The molecular weight excluding hydrogens is 372 g/mol. The standard InChI is InChI=1S/C18H29F2N5O3/c19-18(20)3-1-13(2-4-18)21-17-15(26)12-28-16(17)11-25-10-14(22-23-25)9-24-5-7-27-8-6-24/h10,13,15-17,21,26H,1-9,11-12H2/t15-,16+,17+/m0/s1. The molecule has 1 saturated carbocycles. The summed E-state index contributed by atoms with van der Waals surface area (Å²) < 4.78 is 39.6. The van der Waals surface area contributed by atoms with Crippen LogP contribution in [0.3, 0.4) is 0 Å². The number of morpholine rings is 1. The Kier molecular flexibility index (Phi) is 6.21. The van der Waals surface area contributed by atoms with E-state index in [1.54, 1.807) is 4.68 Å². The third kappa shape index (κ3) is 5.04. The molecule has 28 heavy (non-hydrogen) atoms. The number of nitrogens with zero attached hydrogens (tertiary/aromatic N) is 4. The smallest absolute Gasteiger partial charge is 0.248 e. The van der Waals surface area contributed by atoms with E-state index in [2.05, 4.69) is 20.5 Å². The summed E-state index contributed by atoms with van der Waals surface area (Å²) in [7, 11) is 0. The Hall–Kier alpha value is -1.20. The highest BCUT2D eigenvalue weighted by atomic mass is 19.3. The molecule has 1 aromatic rings. The summed E-state index contributed by atoms with van der Waals surface area (Å²) in [5, 5.41) is 22.1. The topological polar surface area (TPSA) is 84.7 Å². The van der Waals surface area contributed by atoms with E-state index in [-0.39, 0.29) is 37.6 Å². The van der Waals surface area contributed by atoms with Gasteiger partial charge in [-0.2, -0.15) is 0 Å². The van der Waals surface area contributed by atoms with E-state index >= 15 is 0 Å². The molecule has 0 bridgehead atoms. The average Bonchev–Trinajstić information content (AvgIpc) is 3.25. The highest BCUT2D eigenvalue weighted by Crippen LogP contribution is 2.33. The Morgan fingerprint density at radius 3 is 2.75 bits per heavy atom. The number of rotatable bonds is 6. The van der Waals surface area contributed by atoms with Gasteiger partial charge in [0.05, 0.1) is 50.3 Å². The van der Waals surface area contributed by atoms with Crippen molar-refractivity contribution >= 4 is 0 Å². The van der Waals surface area contributed by atoms with Gasteiger partial charge in [0.15, 0.2) is 0 Å². The molecule has 3 atom stereocenters. The summed E-state index contributed by atoms with van der Waals surface area (Å²) >= 11 is 0. The van der Waals surface area contributed by atoms with Crippen LogP contribution in [0.5, 0.6) is 0 Å². The Morgan fingerprint density at radius 2 is 2.00 bits per heavy atom. The van der Waals surface area contributed by atoms with Crippen LogP contribution in [0.15, 0.2) is 6.20 Å². The van der Waals surface area contributed by atoms with Gasteiger partial charge < -0.3 is 19.9 Å². The molecule has 1 aliphatic carbocycles. The van der Waals surface area contributed by atoms with E-state index < -0.39 is 12.0 Å². The minimum Gasteiger partial charge on any atom is -0.389 e. The number of hydrogen-bond donors (Lipinski definition) is 2. The van der Waals surface area contributed by atoms with Crippen LogP contribution >= 0.6 is 0 Å². The third-order valence-electron chi connectivity index (χ3n) is 5.88. The fourth-order valence-corrected chi connectivity index (χ4v) is 4.21. The molecule has 2 aliphatic heterocycles. The first-order valence-electron chi connectivity index (χ1n) is 10.1. The van der Waals surface area contributed by atoms with Gasteiger partial charge in [0, 0.05) is 44.7 Å². The fraction of sp³-hybridized carbons (Fsp3) is 0.889. The number of alkyl halides is 2. The third-order valence-corrected chi connectivity index (χ3v) is 5.88. The van der Waals surface area contributed by atoms with Gasteiger partial charge in [-0.15, -0.1) is 5.10 Å². The van der Waals surface area contributed by atoms with Crippen LogP contribution in [0.1, 0.15) is 31.4 Å². The summed E-state index contributed by atoms with van der Waals surface area (Å²) in [5.74, 6) is -2.56. The molecule has 3 heterocycles. The van der Waals surface area contributed by atoms with Crippen molar-refractivity contribution in [3.63, 3.8) is 0 Å². The molecule has 8 nitrogen and oxygen atoms in total. The van der Waals surface area contributed by atoms with Gasteiger partial charge >= 0.3 is 0 Å². The molecular formula is C18H29F2N5O3. The lowest BCUT2D eigenvalue weighted by molar-refractivity contribution is -0.0428. The highest BCUT2D eigenvalue weighted by molar-refractivity contribution is 4.96. The van der Waals surface area contributed by atoms with Gasteiger partial charge in [-0.1, -0.05) is 5.21 Å². The maximum atomic E-state index is 13.4. The molecule has 4 rings (SSSR count). The van der Waals surface area contributed by atoms with E-state index in [4.69, 9.17) is 9.47 Å². The van der Waals surface area contributed by atoms with Crippen molar-refractivity contribution in [2.45, 2.75) is 69.0 Å². The number of halogens is 2. The molecule has 158 valence electrons. The van der Waals surface area contributed by atoms with Crippen LogP contribution in [-0.4, -0.2) is 88.1 Å². The van der Waals surface area contributed by atoms with Gasteiger partial charge in [-0.05, 0) is 12.8 Å². The number of hydrogen-bond acceptors (Lipinski definition) is 7. The molecule has 3 aliphatic rings. The molecule has 3 fully saturated rings. The van der Waals surface area contributed by atoms with E-state index in [1.165, 1.54) is 0 Å². The second-order valence-corrected chi connectivity index (χ2v) is 8.08. The molecule has 0 radical (unpaired) electrons. The van der Waals surface area contributed by atoms with Crippen molar-refractivity contribution in [3.05, 3.63) is 11.9 Å². The number of nitrogens with one attached hydrogen (secondary N) is 1. The average molecular weight is 401 g/mol. The lowest BCUT2D eigenvalue weighted by atomic mass is 9.91. The van der Waals surface area contributed by atoms with Gasteiger partial charge in [0.2, 0.25) is 5.92 Å². The van der Waals surface area contributed by atoms with Gasteiger partial charge in [-0.3, -0.25) is 4.90 Å². The fourth-order valence-electron chi connectivity index (χ4n) is 4.21. The Balaban J connectivity index is 1.30. The van der Waals surface area contributed by atoms with Gasteiger partial charge in [0.1, 0.15) is 0 Å². The predicted octanol–water partition coefficient (Wildman–Crippen LogP) is 0.406. The molecule has 0 amide bonds. The van der Waals surface area contributed by atoms with Crippen molar-refractivity contribution in [1.29, 1.82) is 0 Å². The van der Waals surface area contributed by atoms with Crippen molar-refractivity contribution in [2.75, 3.05) is 32.9 Å². The second-order valence-electron chi connectivity index (χ2n) is 8.08. The normalized spacial score (nSPS) is 32.0. The Morgan fingerprint density at radius 1 is 1.25 bits per heavy atom. The van der Waals surface area contributed by atoms with Crippen molar-refractivity contribution < 1.29 is 23.4 Å². The van der Waals surface area contributed by atoms with Crippen LogP contribution in [0.4, 0.5) is 8.78 Å². The summed E-state index contributed by atoms with van der Waals surface area (Å²) in [6, 6.07) is -0.306. The first-order valence-corrected chi connectivity index (χ1v) is 10.1. The van der Waals surface area contributed by atoms with Gasteiger partial charge in [0.25, 0.3) is 0 Å². The Labute approximate surface area is 163 Å². The monoisotopic (exact) mass is 401 g/mol. The van der Waals surface area contributed by atoms with E-state index in [0.717, 1.165) is 38.5 Å². The molecule has 0 aromatic carbocycles. The summed E-state index contributed by atoms with van der Waals surface area (Å²) in [6.07, 6.45) is 1.60. The van der Waals surface area contributed by atoms with E-state index in [9.17, 15) is 13.9 Å². The maximum Gasteiger partial charge on any atom is 0.248 e. The number of aromatic nitrogens is 3. The Bertz CT molecular complexity index is 630. The van der Waals surface area contributed by atoms with Crippen LogP contribution < -0.4 is 5.32 Å². The molecule has 0 unspecified atom stereocenters. The van der Waals surface area contributed by atoms with Crippen LogP contribution in [0.2, 0.25) is 0 Å². The number of ether oxygens (including phenoxy) is 2. The second kappa shape index (κ2) is 8.66. The first-order chi connectivity index (χ1) is 13.5. The SMILES string of the molecule is O[C@H]1CO[C@H](Cn2cc(CN3CCOCC3)nn2)[C@@H]1NC1CCC(F)(F)CC1. The van der Waals surface area contributed by atoms with Crippen LogP contribution in [0.25, 0.3) is 0 Å². The number of aliphatic hydroxyl groups excluding tert-OH is 1. The summed E-state index contributed by atoms with van der Waals surface area (Å²) in [5.41, 5.74) is 0.888. The molecule has 2 N–H and O–H groups in total. The van der Waals surface area contributed by atoms with Crippen molar-refractivity contribution in [2.24, 2.45) is 0 Å².